The second-order valence-electron chi connectivity index (χ2n) is 7.65. The summed E-state index contributed by atoms with van der Waals surface area (Å²) >= 11 is 0. The Balaban J connectivity index is -0.00000258. The summed E-state index contributed by atoms with van der Waals surface area (Å²) < 4.78 is 38.8. The SMILES string of the molecule is [2H]OCCCCC(=O)NCC(CNC(=O)CCCCO[2H])OP(OC)N(C(C)C)C(C)C.[3H]C.[3H]C. The third-order valence-electron chi connectivity index (χ3n) is 4.29. The van der Waals surface area contributed by atoms with Crippen LogP contribution in [0.1, 0.15) is 83.8 Å². The minimum Gasteiger partial charge on any atom is -0.396 e. The van der Waals surface area contributed by atoms with Crippen molar-refractivity contribution in [2.75, 3.05) is 33.4 Å². The van der Waals surface area contributed by atoms with Gasteiger partial charge in [0.05, 0.1) is 0 Å². The molecule has 0 aliphatic rings. The number of nitrogens with one attached hydrogen (secondary N) is 2. The first-order valence-electron chi connectivity index (χ1n) is 13.6. The molecule has 0 fully saturated rings. The zero-order valence-electron chi connectivity index (χ0n) is 25.1. The van der Waals surface area contributed by atoms with Crippen molar-refractivity contribution in [2.45, 2.75) is 99.2 Å². The number of aliphatic hydroxyl groups is 2. The molecular weight excluding hydrogens is 433 g/mol. The van der Waals surface area contributed by atoms with Gasteiger partial charge in [-0.1, -0.05) is 14.8 Å². The first-order valence-corrected chi connectivity index (χ1v) is 11.9. The van der Waals surface area contributed by atoms with E-state index in [0.29, 0.717) is 51.7 Å². The van der Waals surface area contributed by atoms with Crippen molar-refractivity contribution in [3.8, 4) is 0 Å². The first-order chi connectivity index (χ1) is 17.3. The van der Waals surface area contributed by atoms with Gasteiger partial charge in [-0.3, -0.25) is 9.59 Å². The number of hydrogen-bond acceptors (Lipinski definition) is 7. The van der Waals surface area contributed by atoms with Gasteiger partial charge in [0.1, 0.15) is 6.10 Å². The maximum Gasteiger partial charge on any atom is 0.259 e. The monoisotopic (exact) mass is 489 g/mol. The van der Waals surface area contributed by atoms with E-state index >= 15 is 0 Å². The molecule has 32 heavy (non-hydrogen) atoms. The second-order valence-corrected chi connectivity index (χ2v) is 9.16. The molecule has 0 aliphatic heterocycles. The van der Waals surface area contributed by atoms with Crippen LogP contribution in [0.2, 0.25) is 0 Å². The molecule has 0 aliphatic carbocycles. The summed E-state index contributed by atoms with van der Waals surface area (Å²) in [4.78, 5) is 24.3. The van der Waals surface area contributed by atoms with E-state index in [1.54, 1.807) is 7.11 Å². The van der Waals surface area contributed by atoms with Crippen LogP contribution in [-0.2, 0) is 18.6 Å². The van der Waals surface area contributed by atoms with Crippen molar-refractivity contribution in [3.05, 3.63) is 0 Å². The Hall–Kier alpha value is -0.830. The summed E-state index contributed by atoms with van der Waals surface area (Å²) in [6.45, 7) is 9.36. The molecule has 0 rings (SSSR count). The molecule has 194 valence electrons. The van der Waals surface area contributed by atoms with Gasteiger partial charge in [0.2, 0.25) is 14.7 Å². The Morgan fingerprint density at radius 3 is 1.75 bits per heavy atom. The van der Waals surface area contributed by atoms with Gasteiger partial charge in [0.15, 0.2) is 0 Å². The van der Waals surface area contributed by atoms with E-state index in [9.17, 15) is 9.59 Å². The van der Waals surface area contributed by atoms with Gasteiger partial charge < -0.3 is 29.9 Å². The Morgan fingerprint density at radius 2 is 1.41 bits per heavy atom. The lowest BCUT2D eigenvalue weighted by atomic mass is 10.2. The van der Waals surface area contributed by atoms with Crippen LogP contribution < -0.4 is 10.6 Å². The van der Waals surface area contributed by atoms with Crippen molar-refractivity contribution in [1.29, 1.82) is 2.86 Å². The maximum atomic E-state index is 12.2. The number of amides is 2. The standard InChI is InChI=1S/C20H42N3O6P.2CH4/c1-16(2)23(17(3)4)30(28-5)29-18(14-21-19(26)10-6-8-12-24)15-22-20(27)11-7-9-13-25;;/h16-18,24-25H,6-15H2,1-5H3,(H,21,26)(H,22,27);2*1H4/i24D,25D;2*1T. The number of carbonyl (C=O) groups is 2. The number of rotatable bonds is 20. The van der Waals surface area contributed by atoms with E-state index in [0.717, 1.165) is 0 Å². The molecule has 1 unspecified atom stereocenters. The number of hydrogen-bond donors (Lipinski definition) is 4. The van der Waals surface area contributed by atoms with Crippen LogP contribution in [0.5, 0.6) is 0 Å². The average Bonchev–Trinajstić information content (AvgIpc) is 2.87. The van der Waals surface area contributed by atoms with E-state index in [-0.39, 0.29) is 37.0 Å². The van der Waals surface area contributed by atoms with E-state index in [1.807, 2.05) is 0 Å². The normalized spacial score (nSPS) is 13.2. The molecule has 0 spiro atoms. The highest BCUT2D eigenvalue weighted by Crippen LogP contribution is 2.46. The van der Waals surface area contributed by atoms with Crippen LogP contribution in [0.25, 0.3) is 0 Å². The number of carbonyl (C=O) groups excluding carboxylic acids is 2. The summed E-state index contributed by atoms with van der Waals surface area (Å²) in [5, 5.41) is 14.3. The largest absolute Gasteiger partial charge is 0.396 e. The van der Waals surface area contributed by atoms with Crippen LogP contribution in [0.3, 0.4) is 0 Å². The van der Waals surface area contributed by atoms with Gasteiger partial charge in [-0.2, -0.15) is 0 Å². The zero-order valence-corrected chi connectivity index (χ0v) is 22.0. The minimum atomic E-state index is -1.38. The highest BCUT2D eigenvalue weighted by atomic mass is 31.2. The molecule has 0 aromatic heterocycles. The fourth-order valence-electron chi connectivity index (χ4n) is 2.85. The van der Waals surface area contributed by atoms with E-state index in [1.165, 1.54) is 14.8 Å². The predicted molar refractivity (Wildman–Crippen MR) is 132 cm³/mol. The van der Waals surface area contributed by atoms with Crippen molar-refractivity contribution in [2.24, 2.45) is 0 Å². The molecular formula is C22H50N3O6P. The lowest BCUT2D eigenvalue weighted by molar-refractivity contribution is -0.121. The van der Waals surface area contributed by atoms with Crippen molar-refractivity contribution in [1.82, 2.24) is 15.3 Å². The summed E-state index contributed by atoms with van der Waals surface area (Å²) in [5.41, 5.74) is 0. The van der Waals surface area contributed by atoms with Crippen LogP contribution in [-0.4, -0.2) is 81.2 Å². The third kappa shape index (κ3) is 16.8. The van der Waals surface area contributed by atoms with E-state index in [4.69, 9.17) is 14.7 Å². The van der Waals surface area contributed by atoms with Crippen molar-refractivity contribution >= 4 is 20.3 Å². The lowest BCUT2D eigenvalue weighted by Crippen LogP contribution is -2.42. The highest BCUT2D eigenvalue weighted by Gasteiger charge is 2.29. The molecule has 0 radical (unpaired) electrons. The Kier molecular flexibility index (Phi) is 18.8. The predicted octanol–water partition coefficient (Wildman–Crippen LogP) is 3.19. The second kappa shape index (κ2) is 22.0. The van der Waals surface area contributed by atoms with Crippen molar-refractivity contribution < 1.29 is 31.6 Å². The molecule has 2 amide bonds. The molecule has 0 saturated heterocycles. The minimum absolute atomic E-state index is 0.114. The highest BCUT2D eigenvalue weighted by molar-refractivity contribution is 7.44. The average molecular weight is 490 g/mol. The van der Waals surface area contributed by atoms with Crippen molar-refractivity contribution in [3.63, 3.8) is 0 Å². The smallest absolute Gasteiger partial charge is 0.259 e. The first kappa shape index (κ1) is 27.4. The summed E-state index contributed by atoms with van der Waals surface area (Å²) in [7, 11) is 2.72. The number of nitrogens with zero attached hydrogens (tertiary/aromatic N) is 1. The maximum absolute atomic E-state index is 12.2. The molecule has 0 bridgehead atoms. The Labute approximate surface area is 203 Å². The molecule has 0 saturated carbocycles. The number of aliphatic hydroxyl groups excluding tert-OH is 2. The van der Waals surface area contributed by atoms with Gasteiger partial charge in [-0.05, 0) is 53.4 Å². The summed E-state index contributed by atoms with van der Waals surface area (Å²) in [6, 6.07) is 0.397. The van der Waals surface area contributed by atoms with Gasteiger partial charge >= 0.3 is 0 Å². The molecule has 0 aromatic rings. The number of unbranched alkanes of at least 4 members (excludes halogenated alkanes) is 2. The fraction of sp³-hybridized carbons (Fsp3) is 0.909. The molecule has 10 heteroatoms. The van der Waals surface area contributed by atoms with Gasteiger partial charge in [-0.15, -0.1) is 0 Å². The van der Waals surface area contributed by atoms with Crippen LogP contribution in [0.4, 0.5) is 0 Å². The van der Waals surface area contributed by atoms with Gasteiger partial charge in [0.25, 0.3) is 8.53 Å². The van der Waals surface area contributed by atoms with Crippen LogP contribution >= 0.6 is 8.53 Å². The lowest BCUT2D eigenvalue weighted by Gasteiger charge is -2.36. The molecule has 4 N–H and O–H groups in total. The molecule has 0 aromatic carbocycles. The topological polar surface area (TPSA) is 120 Å². The van der Waals surface area contributed by atoms with E-state index in [2.05, 4.69) is 53.2 Å². The fourth-order valence-corrected chi connectivity index (χ4v) is 4.39. The Bertz CT molecular complexity index is 478. The molecule has 1 atom stereocenters. The van der Waals surface area contributed by atoms with Gasteiger partial charge in [-0.25, -0.2) is 4.67 Å². The molecule has 9 nitrogen and oxygen atoms in total. The third-order valence-corrected chi connectivity index (χ3v) is 6.38. The quantitative estimate of drug-likeness (QED) is 0.153. The molecule has 0 heterocycles. The summed E-state index contributed by atoms with van der Waals surface area (Å²) in [5.74, 6) is -0.228. The zero-order chi connectivity index (χ0) is 28.4. The van der Waals surface area contributed by atoms with E-state index < -0.39 is 14.6 Å². The Morgan fingerprint density at radius 1 is 0.969 bits per heavy atom. The van der Waals surface area contributed by atoms with Gasteiger partial charge in [0, 0.05) is 61.1 Å². The summed E-state index contributed by atoms with van der Waals surface area (Å²) in [6.07, 6.45) is 2.77. The van der Waals surface area contributed by atoms with Crippen LogP contribution in [0, 0.1) is 0 Å². The van der Waals surface area contributed by atoms with Crippen LogP contribution in [0.15, 0.2) is 0 Å².